The maximum Gasteiger partial charge on any atom is 0.271 e. The number of rotatable bonds is 14. The van der Waals surface area contributed by atoms with Gasteiger partial charge in [0.1, 0.15) is 53.1 Å². The Morgan fingerprint density at radius 2 is 1.66 bits per heavy atom. The number of ether oxygens (including phenoxy) is 3. The molecule has 0 spiro atoms. The molecule has 4 fully saturated rings. The predicted molar refractivity (Wildman–Crippen MR) is 226 cm³/mol. The van der Waals surface area contributed by atoms with E-state index in [9.17, 15) is 29.2 Å². The number of amides is 5. The molecule has 2 aliphatic carbocycles. The minimum atomic E-state index is -1.01. The van der Waals surface area contributed by atoms with E-state index in [0.717, 1.165) is 43.2 Å². The number of piperidine rings is 1. The molecule has 2 aromatic carbocycles. The number of hydrogen-bond donors (Lipinski definition) is 2. The molecule has 8 rings (SSSR count). The number of carbonyl (C=O) groups is 5. The van der Waals surface area contributed by atoms with E-state index in [4.69, 9.17) is 14.2 Å². The van der Waals surface area contributed by atoms with E-state index in [1.807, 2.05) is 6.92 Å². The van der Waals surface area contributed by atoms with Gasteiger partial charge in [-0.15, -0.1) is 0 Å². The molecular weight excluding hydrogens is 793 g/mol. The number of nitrogens with zero attached hydrogens (tertiary/aromatic N) is 6. The molecule has 0 unspecified atom stereocenters. The predicted octanol–water partition coefficient (Wildman–Crippen LogP) is 4.52. The zero-order valence-electron chi connectivity index (χ0n) is 36.3. The van der Waals surface area contributed by atoms with Gasteiger partial charge in [0.2, 0.25) is 11.8 Å². The second kappa shape index (κ2) is 16.3. The molecule has 0 radical (unpaired) electrons. The molecule has 62 heavy (non-hydrogen) atoms. The van der Waals surface area contributed by atoms with E-state index in [1.54, 1.807) is 42.6 Å². The topological polar surface area (TPSA) is 196 Å². The highest BCUT2D eigenvalue weighted by Crippen LogP contribution is 2.55. The first-order chi connectivity index (χ1) is 29.5. The van der Waals surface area contributed by atoms with Crippen molar-refractivity contribution in [2.75, 3.05) is 31.1 Å². The van der Waals surface area contributed by atoms with Gasteiger partial charge in [-0.1, -0.05) is 27.7 Å². The third-order valence-electron chi connectivity index (χ3n) is 13.3. The molecule has 2 N–H and O–H groups in total. The Hall–Kier alpha value is -6.08. The number of carbonyl (C=O) groups excluding carboxylic acids is 5. The molecule has 16 heteroatoms. The van der Waals surface area contributed by atoms with Crippen molar-refractivity contribution in [3.8, 4) is 23.3 Å². The van der Waals surface area contributed by atoms with E-state index in [1.165, 1.54) is 6.20 Å². The monoisotopic (exact) mass is 846 g/mol. The van der Waals surface area contributed by atoms with Crippen molar-refractivity contribution in [2.45, 2.75) is 111 Å². The van der Waals surface area contributed by atoms with Crippen molar-refractivity contribution in [3.05, 3.63) is 71.2 Å². The third-order valence-corrected chi connectivity index (χ3v) is 13.3. The fourth-order valence-corrected chi connectivity index (χ4v) is 10.3. The lowest BCUT2D eigenvalue weighted by Gasteiger charge is -2.63. The molecule has 3 aliphatic heterocycles. The van der Waals surface area contributed by atoms with Crippen molar-refractivity contribution >= 4 is 35.4 Å². The summed E-state index contributed by atoms with van der Waals surface area (Å²) in [7, 11) is 0. The highest BCUT2D eigenvalue weighted by Gasteiger charge is 2.64. The van der Waals surface area contributed by atoms with Crippen LogP contribution in [0.4, 0.5) is 5.82 Å². The minimum absolute atomic E-state index is 0.0406. The lowest BCUT2D eigenvalue weighted by atomic mass is 9.49. The average Bonchev–Trinajstić information content (AvgIpc) is 3.44. The average molecular weight is 847 g/mol. The summed E-state index contributed by atoms with van der Waals surface area (Å²) in [4.78, 5) is 78.7. The summed E-state index contributed by atoms with van der Waals surface area (Å²) in [5.74, 6) is 0.314. The van der Waals surface area contributed by atoms with E-state index >= 15 is 0 Å². The van der Waals surface area contributed by atoms with Gasteiger partial charge in [0.15, 0.2) is 0 Å². The Morgan fingerprint density at radius 1 is 0.968 bits per heavy atom. The standard InChI is InChI=1S/C46H54N8O8/c1-8-60-36-18-30(10-9-27(36)19-47)62-44-45(4,5)43(46(44,6)7)51-39(56)34-20-49-37(21-48-34)52-22-26(23-52)24-53(25(2)3)28-15-31(16-28)61-29-11-12-32-33(17-29)42(59)54(41(32)58)35-13-14-38(55)50-40(35)57/h9-12,17-18,20-21,25-26,28,31,35,43-44H,8,13-16,22-24H2,1-7H3,(H,51,56)(H,50,55,57)/t28?,31?,35-,43?,44?/m1/s1. The zero-order chi connectivity index (χ0) is 44.2. The molecule has 0 bridgehead atoms. The van der Waals surface area contributed by atoms with Crippen LogP contribution in [0.5, 0.6) is 17.2 Å². The normalized spacial score (nSPS) is 25.0. The second-order valence-electron chi connectivity index (χ2n) is 18.6. The summed E-state index contributed by atoms with van der Waals surface area (Å²) in [6, 6.07) is 11.7. The van der Waals surface area contributed by atoms with E-state index < -0.39 is 40.5 Å². The molecule has 326 valence electrons. The van der Waals surface area contributed by atoms with Gasteiger partial charge in [-0.05, 0) is 57.5 Å². The number of fused-ring (bicyclic) bond motifs is 1. The van der Waals surface area contributed by atoms with Gasteiger partial charge in [0.25, 0.3) is 17.7 Å². The lowest BCUT2D eigenvalue weighted by molar-refractivity contribution is -0.164. The molecule has 1 aromatic heterocycles. The van der Waals surface area contributed by atoms with Crippen LogP contribution in [0.2, 0.25) is 0 Å². The molecule has 3 aromatic rings. The zero-order valence-corrected chi connectivity index (χ0v) is 36.3. The van der Waals surface area contributed by atoms with Crippen molar-refractivity contribution in [3.63, 3.8) is 0 Å². The Bertz CT molecular complexity index is 2310. The molecule has 4 heterocycles. The first-order valence-electron chi connectivity index (χ1n) is 21.5. The largest absolute Gasteiger partial charge is 0.492 e. The number of nitrogens with one attached hydrogen (secondary N) is 2. The highest BCUT2D eigenvalue weighted by molar-refractivity contribution is 6.23. The van der Waals surface area contributed by atoms with Gasteiger partial charge in [-0.2, -0.15) is 5.26 Å². The van der Waals surface area contributed by atoms with Crippen LogP contribution in [0.1, 0.15) is 111 Å². The maximum atomic E-state index is 13.5. The first kappa shape index (κ1) is 42.6. The molecule has 2 saturated heterocycles. The summed E-state index contributed by atoms with van der Waals surface area (Å²) >= 11 is 0. The van der Waals surface area contributed by atoms with Gasteiger partial charge in [-0.3, -0.25) is 39.1 Å². The fraction of sp³-hybridized carbons (Fsp3) is 0.522. The molecule has 1 atom stereocenters. The Balaban J connectivity index is 0.799. The van der Waals surface area contributed by atoms with Crippen molar-refractivity contribution < 1.29 is 38.2 Å². The number of aromatic nitrogens is 2. The molecule has 16 nitrogen and oxygen atoms in total. The van der Waals surface area contributed by atoms with Gasteiger partial charge in [0, 0.05) is 79.8 Å². The quantitative estimate of drug-likeness (QED) is 0.215. The molecule has 2 saturated carbocycles. The van der Waals surface area contributed by atoms with Gasteiger partial charge in [-0.25, -0.2) is 9.97 Å². The van der Waals surface area contributed by atoms with Crippen LogP contribution in [0, 0.1) is 28.1 Å². The summed E-state index contributed by atoms with van der Waals surface area (Å²) in [6.07, 6.45) is 4.76. The van der Waals surface area contributed by atoms with Crippen LogP contribution >= 0.6 is 0 Å². The van der Waals surface area contributed by atoms with E-state index in [2.05, 4.69) is 78.0 Å². The van der Waals surface area contributed by atoms with Crippen LogP contribution in [-0.2, 0) is 9.59 Å². The maximum absolute atomic E-state index is 13.5. The Labute approximate surface area is 361 Å². The van der Waals surface area contributed by atoms with Crippen molar-refractivity contribution in [1.82, 2.24) is 30.4 Å². The summed E-state index contributed by atoms with van der Waals surface area (Å²) in [6.45, 7) is 17.5. The summed E-state index contributed by atoms with van der Waals surface area (Å²) < 4.78 is 18.4. The van der Waals surface area contributed by atoms with Gasteiger partial charge >= 0.3 is 0 Å². The minimum Gasteiger partial charge on any atom is -0.492 e. The van der Waals surface area contributed by atoms with E-state index in [-0.39, 0.29) is 53.8 Å². The number of imide groups is 2. The third kappa shape index (κ3) is 7.71. The van der Waals surface area contributed by atoms with Crippen LogP contribution in [-0.4, -0.2) is 112 Å². The van der Waals surface area contributed by atoms with Crippen molar-refractivity contribution in [1.29, 1.82) is 5.26 Å². The number of nitriles is 1. The number of benzene rings is 2. The Kier molecular flexibility index (Phi) is 11.2. The second-order valence-corrected chi connectivity index (χ2v) is 18.6. The molecular formula is C46H54N8O8. The SMILES string of the molecule is CCOc1cc(OC2C(C)(C)C(NC(=O)c3cnc(N4CC(CN(C(C)C)C5CC(Oc6ccc7c(c6)C(=O)N([C@@H]6CCC(=O)NC6=O)C7=O)C5)C4)cn3)C2(C)C)ccc1C#N. The highest BCUT2D eigenvalue weighted by atomic mass is 16.5. The van der Waals surface area contributed by atoms with Gasteiger partial charge < -0.3 is 24.4 Å². The van der Waals surface area contributed by atoms with Crippen LogP contribution in [0.15, 0.2) is 48.8 Å². The van der Waals surface area contributed by atoms with Gasteiger partial charge in [0.05, 0.1) is 35.7 Å². The number of hydrogen-bond acceptors (Lipinski definition) is 13. The number of anilines is 1. The molecule has 5 aliphatic rings. The van der Waals surface area contributed by atoms with Crippen LogP contribution < -0.4 is 29.7 Å². The van der Waals surface area contributed by atoms with Crippen molar-refractivity contribution in [2.24, 2.45) is 16.7 Å². The summed E-state index contributed by atoms with van der Waals surface area (Å²) in [5.41, 5.74) is 0.306. The summed E-state index contributed by atoms with van der Waals surface area (Å²) in [5, 5.41) is 14.9. The fourth-order valence-electron chi connectivity index (χ4n) is 10.3. The first-order valence-corrected chi connectivity index (χ1v) is 21.5. The Morgan fingerprint density at radius 3 is 2.31 bits per heavy atom. The van der Waals surface area contributed by atoms with E-state index in [0.29, 0.717) is 47.4 Å². The van der Waals surface area contributed by atoms with Crippen LogP contribution in [0.3, 0.4) is 0 Å². The smallest absolute Gasteiger partial charge is 0.271 e. The van der Waals surface area contributed by atoms with Crippen LogP contribution in [0.25, 0.3) is 0 Å². The lowest BCUT2D eigenvalue weighted by Crippen LogP contribution is -2.74. The molecule has 5 amide bonds.